The summed E-state index contributed by atoms with van der Waals surface area (Å²) in [5, 5.41) is 17.5. The van der Waals surface area contributed by atoms with Gasteiger partial charge in [-0.25, -0.2) is 0 Å². The first kappa shape index (κ1) is 20.0. The molecule has 0 saturated heterocycles. The monoisotopic (exact) mass is 227 g/mol. The molecule has 7 heteroatoms. The summed E-state index contributed by atoms with van der Waals surface area (Å²) in [7, 11) is 0. The molecule has 0 aliphatic carbocycles. The Bertz CT molecular complexity index is 219. The first-order chi connectivity index (χ1) is 6.36. The van der Waals surface area contributed by atoms with Crippen LogP contribution in [-0.4, -0.2) is 28.9 Å². The van der Waals surface area contributed by atoms with Gasteiger partial charge in [-0.1, -0.05) is 13.8 Å². The number of carboxylic acids is 2. The van der Waals surface area contributed by atoms with Gasteiger partial charge in [0.25, 0.3) is 0 Å². The van der Waals surface area contributed by atoms with Crippen LogP contribution in [-0.2, 0) is 14.4 Å². The number of Topliss-reactive ketones (excluding diaryl/α,β-unsaturated/α-hetero) is 1. The maximum atomic E-state index is 9.85. The Morgan fingerprint density at radius 1 is 1.33 bits per heavy atom. The minimum Gasteiger partial charge on any atom is -0.542 e. The zero-order valence-corrected chi connectivity index (χ0v) is 11.1. The number of hydrogen-bond donors (Lipinski definition) is 2. The summed E-state index contributed by atoms with van der Waals surface area (Å²) in [6, 6.07) is -0.681. The Balaban J connectivity index is -0.000000180. The Morgan fingerprint density at radius 2 is 1.73 bits per heavy atom. The minimum atomic E-state index is -1.59. The molecule has 6 nitrogen and oxygen atoms in total. The summed E-state index contributed by atoms with van der Waals surface area (Å²) in [5.41, 5.74) is 5.02. The van der Waals surface area contributed by atoms with Crippen LogP contribution in [0.15, 0.2) is 0 Å². The van der Waals surface area contributed by atoms with E-state index in [9.17, 15) is 19.5 Å². The van der Waals surface area contributed by atoms with Crippen LogP contribution in [0.2, 0.25) is 0 Å². The second-order valence-electron chi connectivity index (χ2n) is 2.42. The number of rotatable bonds is 4. The molecule has 0 aromatic heterocycles. The first-order valence-corrected chi connectivity index (χ1v) is 4.09. The predicted molar refractivity (Wildman–Crippen MR) is 46.2 cm³/mol. The molecule has 0 rings (SSSR count). The molecule has 0 fully saturated rings. The third-order valence-corrected chi connectivity index (χ3v) is 1.31. The van der Waals surface area contributed by atoms with Crippen LogP contribution in [0.4, 0.5) is 0 Å². The van der Waals surface area contributed by atoms with Crippen molar-refractivity contribution in [2.75, 3.05) is 0 Å². The molecule has 0 amide bonds. The van der Waals surface area contributed by atoms with Crippen molar-refractivity contribution < 1.29 is 54.2 Å². The van der Waals surface area contributed by atoms with Crippen LogP contribution in [0.5, 0.6) is 0 Å². The Kier molecular flexibility index (Phi) is 15.6. The molecule has 0 spiro atoms. The van der Waals surface area contributed by atoms with E-state index in [1.807, 2.05) is 0 Å². The fourth-order valence-electron chi connectivity index (χ4n) is 0.319. The smallest absolute Gasteiger partial charge is 0.542 e. The van der Waals surface area contributed by atoms with Crippen molar-refractivity contribution >= 4 is 17.7 Å². The van der Waals surface area contributed by atoms with Gasteiger partial charge in [0.2, 0.25) is 0 Å². The van der Waals surface area contributed by atoms with Crippen molar-refractivity contribution in [1.82, 2.24) is 0 Å². The second kappa shape index (κ2) is 11.6. The second-order valence-corrected chi connectivity index (χ2v) is 2.42. The third kappa shape index (κ3) is 13.6. The van der Waals surface area contributed by atoms with E-state index < -0.39 is 23.8 Å². The summed E-state index contributed by atoms with van der Waals surface area (Å²) in [5.74, 6) is -3.37. The topological polar surface area (TPSA) is 121 Å². The standard InChI is InChI=1S/C4H9NO2.C4H6O3.Na/c2*1-2-3(5)4(6)7;/h3H,2,5H2,1H3,(H,6,7);2H2,1H3,(H,6,7);/q;;+1/p-1/t3-;;/m0../s1. The molecule has 0 heterocycles. The maximum absolute atomic E-state index is 9.85. The summed E-state index contributed by atoms with van der Waals surface area (Å²) < 4.78 is 0. The molecule has 0 bridgehead atoms. The molecular formula is C8H14NNaO5. The van der Waals surface area contributed by atoms with Gasteiger partial charge in [-0.05, 0) is 6.42 Å². The molecular weight excluding hydrogens is 213 g/mol. The van der Waals surface area contributed by atoms with Gasteiger partial charge in [0, 0.05) is 6.42 Å². The summed E-state index contributed by atoms with van der Waals surface area (Å²) in [4.78, 5) is 29.1. The van der Waals surface area contributed by atoms with Crippen molar-refractivity contribution in [3.8, 4) is 0 Å². The minimum absolute atomic E-state index is 0. The van der Waals surface area contributed by atoms with Crippen LogP contribution >= 0.6 is 0 Å². The van der Waals surface area contributed by atoms with Crippen LogP contribution in [0.25, 0.3) is 0 Å². The Labute approximate surface area is 110 Å². The van der Waals surface area contributed by atoms with E-state index in [4.69, 9.17) is 10.8 Å². The molecule has 82 valence electrons. The number of carbonyl (C=O) groups is 3. The Morgan fingerprint density at radius 3 is 1.73 bits per heavy atom. The van der Waals surface area contributed by atoms with Crippen molar-refractivity contribution in [1.29, 1.82) is 0 Å². The zero-order valence-electron chi connectivity index (χ0n) is 9.15. The average Bonchev–Trinajstić information content (AvgIpc) is 2.15. The van der Waals surface area contributed by atoms with E-state index in [1.165, 1.54) is 6.92 Å². The SMILES string of the molecule is CCC(=O)C(=O)[O-].CC[C@H](N)C(=O)O.[Na+]. The summed E-state index contributed by atoms with van der Waals surface area (Å²) in [6.45, 7) is 3.21. The van der Waals surface area contributed by atoms with Crippen molar-refractivity contribution in [3.05, 3.63) is 0 Å². The van der Waals surface area contributed by atoms with Crippen LogP contribution in [0, 0.1) is 0 Å². The zero-order chi connectivity index (χ0) is 11.7. The number of carboxylic acid groups (broad SMARTS) is 2. The fourth-order valence-corrected chi connectivity index (χ4v) is 0.319. The molecule has 1 atom stereocenters. The van der Waals surface area contributed by atoms with Gasteiger partial charge in [-0.15, -0.1) is 0 Å². The van der Waals surface area contributed by atoms with Crippen molar-refractivity contribution in [2.24, 2.45) is 5.73 Å². The molecule has 0 radical (unpaired) electrons. The molecule has 0 unspecified atom stereocenters. The normalized spacial score (nSPS) is 10.1. The number of hydrogen-bond acceptors (Lipinski definition) is 5. The van der Waals surface area contributed by atoms with E-state index in [1.54, 1.807) is 6.92 Å². The van der Waals surface area contributed by atoms with Crippen LogP contribution < -0.4 is 40.4 Å². The molecule has 0 aliphatic rings. The third-order valence-electron chi connectivity index (χ3n) is 1.31. The van der Waals surface area contributed by atoms with Gasteiger partial charge < -0.3 is 20.7 Å². The predicted octanol–water partition coefficient (Wildman–Crippen LogP) is -4.47. The number of aliphatic carboxylic acids is 2. The fraction of sp³-hybridized carbons (Fsp3) is 0.625. The quantitative estimate of drug-likeness (QED) is 0.369. The molecule has 0 saturated carbocycles. The first-order valence-electron chi connectivity index (χ1n) is 4.09. The number of nitrogens with two attached hydrogens (primary N) is 1. The molecule has 0 aliphatic heterocycles. The average molecular weight is 227 g/mol. The van der Waals surface area contributed by atoms with E-state index in [0.29, 0.717) is 6.42 Å². The van der Waals surface area contributed by atoms with E-state index in [2.05, 4.69) is 0 Å². The molecule has 0 aromatic rings. The van der Waals surface area contributed by atoms with Gasteiger partial charge in [0.15, 0.2) is 5.78 Å². The van der Waals surface area contributed by atoms with E-state index in [-0.39, 0.29) is 36.0 Å². The van der Waals surface area contributed by atoms with Gasteiger partial charge in [0.05, 0.1) is 0 Å². The summed E-state index contributed by atoms with van der Waals surface area (Å²) in [6.07, 6.45) is 0.512. The van der Waals surface area contributed by atoms with Crippen molar-refractivity contribution in [3.63, 3.8) is 0 Å². The van der Waals surface area contributed by atoms with Gasteiger partial charge in [-0.2, -0.15) is 0 Å². The number of carbonyl (C=O) groups excluding carboxylic acids is 2. The van der Waals surface area contributed by atoms with Crippen LogP contribution in [0.1, 0.15) is 26.7 Å². The van der Waals surface area contributed by atoms with Crippen LogP contribution in [0.3, 0.4) is 0 Å². The largest absolute Gasteiger partial charge is 1.00 e. The molecule has 3 N–H and O–H groups in total. The van der Waals surface area contributed by atoms with E-state index in [0.717, 1.165) is 0 Å². The van der Waals surface area contributed by atoms with Gasteiger partial charge >= 0.3 is 35.5 Å². The Hall–Kier alpha value is -0.430. The molecule has 0 aromatic carbocycles. The molecule has 15 heavy (non-hydrogen) atoms. The van der Waals surface area contributed by atoms with Gasteiger partial charge in [0.1, 0.15) is 12.0 Å². The van der Waals surface area contributed by atoms with Crippen molar-refractivity contribution in [2.45, 2.75) is 32.7 Å². The summed E-state index contributed by atoms with van der Waals surface area (Å²) >= 11 is 0. The maximum Gasteiger partial charge on any atom is 1.00 e. The number of ketones is 1. The van der Waals surface area contributed by atoms with Gasteiger partial charge in [-0.3, -0.25) is 9.59 Å². The van der Waals surface area contributed by atoms with E-state index >= 15 is 0 Å².